The zero-order valence-corrected chi connectivity index (χ0v) is 13.8. The number of methoxy groups -OCH3 is 1. The normalized spacial score (nSPS) is 11.8. The van der Waals surface area contributed by atoms with Gasteiger partial charge in [0.05, 0.1) is 7.11 Å². The molecule has 0 heterocycles. The molecule has 126 valence electrons. The Morgan fingerprint density at radius 2 is 1.40 bits per heavy atom. The SMILES string of the molecule is COc1ccc(/C=C/C(O)=C/C(=O)/C=C/c2ccc(C=O)cc2)cc1. The lowest BCUT2D eigenvalue weighted by molar-refractivity contribution is -0.110. The molecule has 2 rings (SSSR count). The van der Waals surface area contributed by atoms with Gasteiger partial charge >= 0.3 is 0 Å². The molecule has 0 saturated heterocycles. The van der Waals surface area contributed by atoms with Gasteiger partial charge in [-0.05, 0) is 35.4 Å². The summed E-state index contributed by atoms with van der Waals surface area (Å²) in [5.74, 6) is 0.275. The van der Waals surface area contributed by atoms with Crippen molar-refractivity contribution in [2.45, 2.75) is 0 Å². The van der Waals surface area contributed by atoms with Crippen LogP contribution in [-0.4, -0.2) is 24.3 Å². The number of ketones is 1. The van der Waals surface area contributed by atoms with Gasteiger partial charge in [-0.15, -0.1) is 0 Å². The van der Waals surface area contributed by atoms with Crippen molar-refractivity contribution in [2.75, 3.05) is 7.11 Å². The van der Waals surface area contributed by atoms with Gasteiger partial charge in [0.1, 0.15) is 17.8 Å². The molecule has 0 aromatic heterocycles. The highest BCUT2D eigenvalue weighted by molar-refractivity contribution is 6.02. The molecule has 0 saturated carbocycles. The summed E-state index contributed by atoms with van der Waals surface area (Å²) < 4.78 is 5.07. The van der Waals surface area contributed by atoms with Crippen molar-refractivity contribution >= 4 is 24.2 Å². The fourth-order valence-electron chi connectivity index (χ4n) is 2.00. The molecule has 25 heavy (non-hydrogen) atoms. The summed E-state index contributed by atoms with van der Waals surface area (Å²) in [5.41, 5.74) is 2.24. The number of benzene rings is 2. The highest BCUT2D eigenvalue weighted by atomic mass is 16.5. The van der Waals surface area contributed by atoms with Gasteiger partial charge in [-0.1, -0.05) is 48.6 Å². The van der Waals surface area contributed by atoms with E-state index in [-0.39, 0.29) is 11.5 Å². The van der Waals surface area contributed by atoms with E-state index in [0.717, 1.165) is 29.2 Å². The van der Waals surface area contributed by atoms with Crippen molar-refractivity contribution < 1.29 is 19.4 Å². The monoisotopic (exact) mass is 334 g/mol. The Hall–Kier alpha value is -3.40. The third-order valence-corrected chi connectivity index (χ3v) is 3.37. The van der Waals surface area contributed by atoms with E-state index >= 15 is 0 Å². The molecule has 2 aromatic carbocycles. The maximum absolute atomic E-state index is 11.8. The molecule has 0 aliphatic heterocycles. The summed E-state index contributed by atoms with van der Waals surface area (Å²) in [6.45, 7) is 0. The van der Waals surface area contributed by atoms with Crippen molar-refractivity contribution in [3.05, 3.63) is 89.2 Å². The van der Waals surface area contributed by atoms with Crippen LogP contribution in [0.1, 0.15) is 21.5 Å². The molecule has 0 aliphatic carbocycles. The van der Waals surface area contributed by atoms with Crippen LogP contribution < -0.4 is 4.74 Å². The van der Waals surface area contributed by atoms with Gasteiger partial charge in [0, 0.05) is 11.6 Å². The average molecular weight is 334 g/mol. The first kappa shape index (κ1) is 17.9. The smallest absolute Gasteiger partial charge is 0.182 e. The molecule has 4 heteroatoms. The fourth-order valence-corrected chi connectivity index (χ4v) is 2.00. The second-order valence-electron chi connectivity index (χ2n) is 5.20. The number of carbonyl (C=O) groups excluding carboxylic acids is 2. The number of hydrogen-bond donors (Lipinski definition) is 1. The topological polar surface area (TPSA) is 63.6 Å². The maximum Gasteiger partial charge on any atom is 0.182 e. The van der Waals surface area contributed by atoms with Crippen molar-refractivity contribution in [2.24, 2.45) is 0 Å². The number of hydrogen-bond acceptors (Lipinski definition) is 4. The molecule has 0 aliphatic rings. The van der Waals surface area contributed by atoms with Crippen LogP contribution in [-0.2, 0) is 4.79 Å². The van der Waals surface area contributed by atoms with E-state index in [4.69, 9.17) is 4.74 Å². The molecular formula is C21H18O4. The highest BCUT2D eigenvalue weighted by Gasteiger charge is 1.96. The first-order chi connectivity index (χ1) is 12.1. The average Bonchev–Trinajstić information content (AvgIpc) is 2.65. The Balaban J connectivity index is 1.97. The number of aldehydes is 1. The van der Waals surface area contributed by atoms with E-state index in [0.29, 0.717) is 5.56 Å². The van der Waals surface area contributed by atoms with Crippen molar-refractivity contribution in [1.82, 2.24) is 0 Å². The standard InChI is InChI=1S/C21H18O4/c1-25-21-12-8-17(9-13-21)7-11-20(24)14-19(23)10-6-16-2-4-18(15-22)5-3-16/h2-15,24H,1H3/b10-6+,11-7+,20-14-. The fraction of sp³-hybridized carbons (Fsp3) is 0.0476. The summed E-state index contributed by atoms with van der Waals surface area (Å²) in [7, 11) is 1.59. The summed E-state index contributed by atoms with van der Waals surface area (Å²) in [5, 5.41) is 9.80. The molecule has 4 nitrogen and oxygen atoms in total. The minimum absolute atomic E-state index is 0.137. The second-order valence-corrected chi connectivity index (χ2v) is 5.20. The molecular weight excluding hydrogens is 316 g/mol. The van der Waals surface area contributed by atoms with E-state index in [1.54, 1.807) is 43.5 Å². The van der Waals surface area contributed by atoms with Crippen molar-refractivity contribution in [3.8, 4) is 5.75 Å². The first-order valence-electron chi connectivity index (χ1n) is 7.61. The van der Waals surface area contributed by atoms with Crippen LogP contribution in [0.15, 0.2) is 72.5 Å². The third-order valence-electron chi connectivity index (χ3n) is 3.37. The predicted molar refractivity (Wildman–Crippen MR) is 98.6 cm³/mol. The Kier molecular flexibility index (Phi) is 6.48. The lowest BCUT2D eigenvalue weighted by Crippen LogP contribution is -1.89. The van der Waals surface area contributed by atoms with Gasteiger partial charge in [0.25, 0.3) is 0 Å². The van der Waals surface area contributed by atoms with E-state index in [2.05, 4.69) is 0 Å². The molecule has 0 radical (unpaired) electrons. The lowest BCUT2D eigenvalue weighted by atomic mass is 10.1. The second kappa shape index (κ2) is 9.03. The van der Waals surface area contributed by atoms with Gasteiger partial charge in [0.15, 0.2) is 5.78 Å². The largest absolute Gasteiger partial charge is 0.508 e. The Morgan fingerprint density at radius 3 is 1.96 bits per heavy atom. The van der Waals surface area contributed by atoms with E-state index in [9.17, 15) is 14.7 Å². The molecule has 0 unspecified atom stereocenters. The Morgan fingerprint density at radius 1 is 0.880 bits per heavy atom. The summed E-state index contributed by atoms with van der Waals surface area (Å²) in [6, 6.07) is 14.1. The van der Waals surface area contributed by atoms with Crippen molar-refractivity contribution in [3.63, 3.8) is 0 Å². The van der Waals surface area contributed by atoms with Gasteiger partial charge < -0.3 is 9.84 Å². The first-order valence-corrected chi connectivity index (χ1v) is 7.61. The van der Waals surface area contributed by atoms with E-state index < -0.39 is 0 Å². The summed E-state index contributed by atoms with van der Waals surface area (Å²) in [6.07, 6.45) is 8.01. The molecule has 0 bridgehead atoms. The molecule has 0 fully saturated rings. The van der Waals surface area contributed by atoms with Crippen LogP contribution in [0.3, 0.4) is 0 Å². The molecule has 0 spiro atoms. The minimum Gasteiger partial charge on any atom is -0.508 e. The molecule has 0 amide bonds. The number of ether oxygens (including phenoxy) is 1. The van der Waals surface area contributed by atoms with Crippen LogP contribution in [0.5, 0.6) is 5.75 Å². The van der Waals surface area contributed by atoms with E-state index in [1.807, 2.05) is 24.3 Å². The van der Waals surface area contributed by atoms with Crippen LogP contribution >= 0.6 is 0 Å². The number of aliphatic hydroxyl groups excluding tert-OH is 1. The lowest BCUT2D eigenvalue weighted by Gasteiger charge is -1.99. The number of allylic oxidation sites excluding steroid dienone is 3. The van der Waals surface area contributed by atoms with Gasteiger partial charge in [0.2, 0.25) is 0 Å². The van der Waals surface area contributed by atoms with Crippen molar-refractivity contribution in [1.29, 1.82) is 0 Å². The predicted octanol–water partition coefficient (Wildman–Crippen LogP) is 4.25. The Labute approximate surface area is 146 Å². The zero-order valence-electron chi connectivity index (χ0n) is 13.8. The summed E-state index contributed by atoms with van der Waals surface area (Å²) >= 11 is 0. The molecule has 2 aromatic rings. The van der Waals surface area contributed by atoms with Crippen LogP contribution in [0.25, 0.3) is 12.2 Å². The maximum atomic E-state index is 11.8. The zero-order chi connectivity index (χ0) is 18.1. The van der Waals surface area contributed by atoms with E-state index in [1.165, 1.54) is 12.2 Å². The molecule has 1 N–H and O–H groups in total. The quantitative estimate of drug-likeness (QED) is 0.356. The number of aliphatic hydroxyl groups is 1. The minimum atomic E-state index is -0.337. The third kappa shape index (κ3) is 5.95. The van der Waals surface area contributed by atoms with Crippen LogP contribution in [0, 0.1) is 0 Å². The van der Waals surface area contributed by atoms with Gasteiger partial charge in [-0.3, -0.25) is 9.59 Å². The van der Waals surface area contributed by atoms with Crippen LogP contribution in [0.2, 0.25) is 0 Å². The van der Waals surface area contributed by atoms with Gasteiger partial charge in [-0.2, -0.15) is 0 Å². The van der Waals surface area contributed by atoms with Gasteiger partial charge in [-0.25, -0.2) is 0 Å². The van der Waals surface area contributed by atoms with Crippen LogP contribution in [0.4, 0.5) is 0 Å². The number of rotatable bonds is 7. The Bertz CT molecular complexity index is 810. The molecule has 0 atom stereocenters. The highest BCUT2D eigenvalue weighted by Crippen LogP contribution is 2.13. The summed E-state index contributed by atoms with van der Waals surface area (Å²) in [4.78, 5) is 22.4. The number of carbonyl (C=O) groups is 2.